The highest BCUT2D eigenvalue weighted by Crippen LogP contribution is 2.16. The summed E-state index contributed by atoms with van der Waals surface area (Å²) in [4.78, 5) is 26.2. The highest BCUT2D eigenvalue weighted by atomic mass is 19.1. The van der Waals surface area contributed by atoms with E-state index in [1.807, 2.05) is 31.2 Å². The van der Waals surface area contributed by atoms with Crippen LogP contribution in [-0.4, -0.2) is 29.4 Å². The summed E-state index contributed by atoms with van der Waals surface area (Å²) in [5, 5.41) is 5.28. The van der Waals surface area contributed by atoms with Gasteiger partial charge in [-0.05, 0) is 43.2 Å². The molecule has 1 heterocycles. The third-order valence-corrected chi connectivity index (χ3v) is 4.20. The quantitative estimate of drug-likeness (QED) is 0.898. The predicted octanol–water partition coefficient (Wildman–Crippen LogP) is 3.06. The first kappa shape index (κ1) is 17.0. The fraction of sp³-hybridized carbons (Fsp3) is 0.263. The first-order chi connectivity index (χ1) is 12.0. The van der Waals surface area contributed by atoms with Gasteiger partial charge in [-0.25, -0.2) is 9.18 Å². The number of aryl methyl sites for hydroxylation is 1. The van der Waals surface area contributed by atoms with Gasteiger partial charge in [-0.1, -0.05) is 29.8 Å². The van der Waals surface area contributed by atoms with Crippen molar-refractivity contribution in [2.24, 2.45) is 0 Å². The third kappa shape index (κ3) is 4.35. The second-order valence-electron chi connectivity index (χ2n) is 6.19. The molecule has 1 atom stereocenters. The normalized spacial score (nSPS) is 16.8. The Morgan fingerprint density at radius 2 is 1.84 bits per heavy atom. The third-order valence-electron chi connectivity index (χ3n) is 4.20. The molecule has 0 bridgehead atoms. The molecular weight excluding hydrogens is 321 g/mol. The summed E-state index contributed by atoms with van der Waals surface area (Å²) < 4.78 is 12.9. The lowest BCUT2D eigenvalue weighted by Crippen LogP contribution is -2.43. The van der Waals surface area contributed by atoms with E-state index in [0.717, 1.165) is 5.56 Å². The summed E-state index contributed by atoms with van der Waals surface area (Å²) in [5.41, 5.74) is 2.71. The van der Waals surface area contributed by atoms with Crippen molar-refractivity contribution in [3.05, 3.63) is 65.5 Å². The second-order valence-corrected chi connectivity index (χ2v) is 6.19. The highest BCUT2D eigenvalue weighted by Gasteiger charge is 2.32. The molecule has 0 aromatic heterocycles. The molecule has 2 aromatic rings. The van der Waals surface area contributed by atoms with E-state index in [1.54, 1.807) is 4.90 Å². The van der Waals surface area contributed by atoms with Gasteiger partial charge < -0.3 is 15.5 Å². The molecule has 3 amide bonds. The van der Waals surface area contributed by atoms with E-state index in [0.29, 0.717) is 25.2 Å². The van der Waals surface area contributed by atoms with Gasteiger partial charge in [0, 0.05) is 18.8 Å². The van der Waals surface area contributed by atoms with Crippen molar-refractivity contribution in [1.82, 2.24) is 10.2 Å². The summed E-state index contributed by atoms with van der Waals surface area (Å²) in [6.45, 7) is 3.16. The van der Waals surface area contributed by atoms with Gasteiger partial charge in [-0.2, -0.15) is 0 Å². The Labute approximate surface area is 145 Å². The Morgan fingerprint density at radius 1 is 1.16 bits per heavy atom. The standard InChI is InChI=1S/C19H20FN3O2/c1-13-2-4-14(5-3-13)12-23-11-10-17(18(23)24)22-19(25)21-16-8-6-15(20)7-9-16/h2-9,17H,10-12H2,1H3,(H2,21,22,25). The first-order valence-electron chi connectivity index (χ1n) is 8.19. The number of carbonyl (C=O) groups excluding carboxylic acids is 2. The van der Waals surface area contributed by atoms with Crippen LogP contribution >= 0.6 is 0 Å². The van der Waals surface area contributed by atoms with Crippen LogP contribution in [0.5, 0.6) is 0 Å². The Morgan fingerprint density at radius 3 is 2.52 bits per heavy atom. The number of urea groups is 1. The SMILES string of the molecule is Cc1ccc(CN2CCC(NC(=O)Nc3ccc(F)cc3)C2=O)cc1. The van der Waals surface area contributed by atoms with E-state index in [4.69, 9.17) is 0 Å². The maximum atomic E-state index is 12.9. The minimum absolute atomic E-state index is 0.0881. The molecular formula is C19H20FN3O2. The van der Waals surface area contributed by atoms with Gasteiger partial charge in [0.25, 0.3) is 0 Å². The van der Waals surface area contributed by atoms with E-state index in [-0.39, 0.29) is 11.7 Å². The lowest BCUT2D eigenvalue weighted by Gasteiger charge is -2.17. The average molecular weight is 341 g/mol. The van der Waals surface area contributed by atoms with E-state index in [9.17, 15) is 14.0 Å². The number of hydrogen-bond acceptors (Lipinski definition) is 2. The number of nitrogens with zero attached hydrogens (tertiary/aromatic N) is 1. The molecule has 6 heteroatoms. The second kappa shape index (κ2) is 7.34. The van der Waals surface area contributed by atoms with Crippen molar-refractivity contribution in [2.75, 3.05) is 11.9 Å². The smallest absolute Gasteiger partial charge is 0.319 e. The van der Waals surface area contributed by atoms with Crippen molar-refractivity contribution >= 4 is 17.6 Å². The maximum Gasteiger partial charge on any atom is 0.319 e. The number of halogens is 1. The van der Waals surface area contributed by atoms with Gasteiger partial charge in [-0.15, -0.1) is 0 Å². The number of amides is 3. The number of carbonyl (C=O) groups is 2. The maximum absolute atomic E-state index is 12.9. The largest absolute Gasteiger partial charge is 0.336 e. The van der Waals surface area contributed by atoms with Crippen molar-refractivity contribution in [1.29, 1.82) is 0 Å². The summed E-state index contributed by atoms with van der Waals surface area (Å²) in [6, 6.07) is 12.5. The zero-order valence-electron chi connectivity index (χ0n) is 14.0. The molecule has 0 aliphatic carbocycles. The number of benzene rings is 2. The van der Waals surface area contributed by atoms with E-state index in [2.05, 4.69) is 10.6 Å². The fourth-order valence-electron chi connectivity index (χ4n) is 2.80. The van der Waals surface area contributed by atoms with Crippen LogP contribution in [0.25, 0.3) is 0 Å². The van der Waals surface area contributed by atoms with Gasteiger partial charge in [0.05, 0.1) is 0 Å². The van der Waals surface area contributed by atoms with Gasteiger partial charge in [0.15, 0.2) is 0 Å². The monoisotopic (exact) mass is 341 g/mol. The number of rotatable bonds is 4. The van der Waals surface area contributed by atoms with Gasteiger partial charge in [0.2, 0.25) is 5.91 Å². The minimum atomic E-state index is -0.536. The van der Waals surface area contributed by atoms with E-state index in [1.165, 1.54) is 29.8 Å². The minimum Gasteiger partial charge on any atom is -0.336 e. The van der Waals surface area contributed by atoms with Crippen LogP contribution in [0, 0.1) is 12.7 Å². The average Bonchev–Trinajstić information content (AvgIpc) is 2.92. The van der Waals surface area contributed by atoms with Crippen LogP contribution in [0.15, 0.2) is 48.5 Å². The van der Waals surface area contributed by atoms with Crippen LogP contribution in [0.2, 0.25) is 0 Å². The number of nitrogens with one attached hydrogen (secondary N) is 2. The molecule has 5 nitrogen and oxygen atoms in total. The molecule has 1 aliphatic rings. The van der Waals surface area contributed by atoms with Crippen molar-refractivity contribution in [2.45, 2.75) is 25.9 Å². The lowest BCUT2D eigenvalue weighted by molar-refractivity contribution is -0.129. The molecule has 1 fully saturated rings. The molecule has 1 unspecified atom stereocenters. The molecule has 130 valence electrons. The molecule has 0 spiro atoms. The van der Waals surface area contributed by atoms with Crippen LogP contribution in [0.4, 0.5) is 14.9 Å². The number of hydrogen-bond donors (Lipinski definition) is 2. The van der Waals surface area contributed by atoms with Gasteiger partial charge >= 0.3 is 6.03 Å². The van der Waals surface area contributed by atoms with Crippen molar-refractivity contribution in [3.63, 3.8) is 0 Å². The molecule has 2 aromatic carbocycles. The highest BCUT2D eigenvalue weighted by molar-refractivity contribution is 5.94. The molecule has 3 rings (SSSR count). The number of likely N-dealkylation sites (tertiary alicyclic amines) is 1. The van der Waals surface area contributed by atoms with Crippen LogP contribution < -0.4 is 10.6 Å². The summed E-state index contributed by atoms with van der Waals surface area (Å²) in [6.07, 6.45) is 0.571. The topological polar surface area (TPSA) is 61.4 Å². The van der Waals surface area contributed by atoms with Crippen LogP contribution in [0.1, 0.15) is 17.5 Å². The zero-order chi connectivity index (χ0) is 17.8. The van der Waals surface area contributed by atoms with E-state index >= 15 is 0 Å². The molecule has 0 saturated carbocycles. The van der Waals surface area contributed by atoms with Crippen molar-refractivity contribution in [3.8, 4) is 0 Å². The fourth-order valence-corrected chi connectivity index (χ4v) is 2.80. The molecule has 2 N–H and O–H groups in total. The Kier molecular flexibility index (Phi) is 4.97. The van der Waals surface area contributed by atoms with E-state index < -0.39 is 12.1 Å². The summed E-state index contributed by atoms with van der Waals surface area (Å²) >= 11 is 0. The molecule has 1 aliphatic heterocycles. The summed E-state index contributed by atoms with van der Waals surface area (Å²) in [7, 11) is 0. The molecule has 1 saturated heterocycles. The number of anilines is 1. The lowest BCUT2D eigenvalue weighted by atomic mass is 10.1. The first-order valence-corrected chi connectivity index (χ1v) is 8.19. The zero-order valence-corrected chi connectivity index (χ0v) is 14.0. The van der Waals surface area contributed by atoms with Gasteiger partial charge in [0.1, 0.15) is 11.9 Å². The van der Waals surface area contributed by atoms with Crippen LogP contribution in [0.3, 0.4) is 0 Å². The molecule has 25 heavy (non-hydrogen) atoms. The predicted molar refractivity (Wildman–Crippen MR) is 93.6 cm³/mol. The summed E-state index contributed by atoms with van der Waals surface area (Å²) in [5.74, 6) is -0.460. The molecule has 0 radical (unpaired) electrons. The Hall–Kier alpha value is -2.89. The van der Waals surface area contributed by atoms with Crippen LogP contribution in [-0.2, 0) is 11.3 Å². The Bertz CT molecular complexity index is 759. The Balaban J connectivity index is 1.53. The van der Waals surface area contributed by atoms with Gasteiger partial charge in [-0.3, -0.25) is 4.79 Å². The van der Waals surface area contributed by atoms with Crippen molar-refractivity contribution < 1.29 is 14.0 Å².